The maximum atomic E-state index is 10.8. The first kappa shape index (κ1) is 12.6. The Balaban J connectivity index is 3.62. The first-order valence-electron chi connectivity index (χ1n) is 3.97. The first-order chi connectivity index (χ1) is 6.07. The zero-order valence-electron chi connectivity index (χ0n) is 7.31. The van der Waals surface area contributed by atoms with E-state index in [0.29, 0.717) is 12.3 Å². The number of nitrogens with zero attached hydrogens (tertiary/aromatic N) is 1. The largest absolute Gasteiger partial charge is 0.370 e. The van der Waals surface area contributed by atoms with E-state index < -0.39 is 0 Å². The van der Waals surface area contributed by atoms with E-state index in [1.165, 1.54) is 0 Å². The van der Waals surface area contributed by atoms with E-state index in [0.717, 1.165) is 12.8 Å². The summed E-state index contributed by atoms with van der Waals surface area (Å²) >= 11 is 7.79. The highest BCUT2D eigenvalue weighted by atomic mass is 32.1. The van der Waals surface area contributed by atoms with Crippen molar-refractivity contribution >= 4 is 36.3 Å². The molecule has 0 aliphatic rings. The molecule has 13 heavy (non-hydrogen) atoms. The van der Waals surface area contributed by atoms with Crippen LogP contribution < -0.4 is 11.5 Å². The lowest BCUT2D eigenvalue weighted by Crippen LogP contribution is -2.23. The van der Waals surface area contributed by atoms with Gasteiger partial charge in [-0.25, -0.2) is 0 Å². The smallest absolute Gasteiger partial charge is 0.189 e. The van der Waals surface area contributed by atoms with Gasteiger partial charge in [-0.15, -0.1) is 12.6 Å². The normalized spacial score (nSPS) is 12.2. The number of hydrogen-bond donors (Lipinski definition) is 4. The summed E-state index contributed by atoms with van der Waals surface area (Å²) in [5, 5.41) is -0.125. The molecule has 0 saturated carbocycles. The van der Waals surface area contributed by atoms with Gasteiger partial charge in [-0.2, -0.15) is 12.6 Å². The third-order valence-electron chi connectivity index (χ3n) is 1.57. The van der Waals surface area contributed by atoms with E-state index >= 15 is 0 Å². The molecule has 0 fully saturated rings. The molecule has 0 aliphatic carbocycles. The molecule has 0 aromatic carbocycles. The van der Waals surface area contributed by atoms with Gasteiger partial charge in [0.1, 0.15) is 0 Å². The van der Waals surface area contributed by atoms with Crippen LogP contribution in [0.5, 0.6) is 0 Å². The van der Waals surface area contributed by atoms with E-state index in [1.807, 2.05) is 0 Å². The number of nitrogens with two attached hydrogens (primary N) is 2. The van der Waals surface area contributed by atoms with Gasteiger partial charge in [-0.05, 0) is 12.8 Å². The Hall–Kier alpha value is -0.360. The van der Waals surface area contributed by atoms with Gasteiger partial charge in [-0.3, -0.25) is 9.79 Å². The zero-order valence-corrected chi connectivity index (χ0v) is 9.10. The molecule has 0 aromatic heterocycles. The number of guanidine groups is 1. The van der Waals surface area contributed by atoms with E-state index in [2.05, 4.69) is 30.2 Å². The molecule has 0 aliphatic heterocycles. The lowest BCUT2D eigenvalue weighted by molar-refractivity contribution is -0.113. The summed E-state index contributed by atoms with van der Waals surface area (Å²) in [6, 6.07) is 0. The summed E-state index contributed by atoms with van der Waals surface area (Å²) in [7, 11) is 0. The Kier molecular flexibility index (Phi) is 6.89. The Morgan fingerprint density at radius 3 is 2.46 bits per heavy atom. The zero-order chi connectivity index (χ0) is 10.3. The number of aliphatic imine (C=N–C) groups is 1. The maximum Gasteiger partial charge on any atom is 0.189 e. The SMILES string of the molecule is NC(N)=NCCCC(CS)C(=O)S. The molecular weight excluding hydrogens is 206 g/mol. The average Bonchev–Trinajstić information content (AvgIpc) is 2.03. The third kappa shape index (κ3) is 6.77. The number of carbonyl (C=O) groups excluding carboxylic acids is 1. The highest BCUT2D eigenvalue weighted by molar-refractivity contribution is 7.96. The molecule has 0 rings (SSSR count). The van der Waals surface area contributed by atoms with E-state index in [9.17, 15) is 4.79 Å². The van der Waals surface area contributed by atoms with Crippen molar-refractivity contribution in [1.82, 2.24) is 0 Å². The van der Waals surface area contributed by atoms with Crippen molar-refractivity contribution in [2.75, 3.05) is 12.3 Å². The van der Waals surface area contributed by atoms with Gasteiger partial charge >= 0.3 is 0 Å². The Labute approximate surface area is 89.0 Å². The van der Waals surface area contributed by atoms with Crippen molar-refractivity contribution in [3.63, 3.8) is 0 Å². The second kappa shape index (κ2) is 7.08. The number of rotatable bonds is 6. The predicted molar refractivity (Wildman–Crippen MR) is 61.2 cm³/mol. The van der Waals surface area contributed by atoms with Crippen molar-refractivity contribution in [3.05, 3.63) is 0 Å². The molecule has 4 N–H and O–H groups in total. The molecule has 0 spiro atoms. The van der Waals surface area contributed by atoms with E-state index in [-0.39, 0.29) is 17.0 Å². The van der Waals surface area contributed by atoms with Crippen LogP contribution in [0.15, 0.2) is 4.99 Å². The van der Waals surface area contributed by atoms with Crippen LogP contribution in [0.2, 0.25) is 0 Å². The van der Waals surface area contributed by atoms with Gasteiger partial charge in [0.25, 0.3) is 0 Å². The fraction of sp³-hybridized carbons (Fsp3) is 0.714. The average molecular weight is 221 g/mol. The van der Waals surface area contributed by atoms with Crippen molar-refractivity contribution < 1.29 is 4.79 Å². The molecule has 4 nitrogen and oxygen atoms in total. The minimum Gasteiger partial charge on any atom is -0.370 e. The summed E-state index contributed by atoms with van der Waals surface area (Å²) < 4.78 is 0. The van der Waals surface area contributed by atoms with Gasteiger partial charge in [0.2, 0.25) is 0 Å². The van der Waals surface area contributed by atoms with Crippen molar-refractivity contribution in [3.8, 4) is 0 Å². The standard InChI is InChI=1S/C7H15N3OS2/c8-7(9)10-3-1-2-5(4-12)6(11)13/h5,12H,1-4H2,(H,11,13)(H4,8,9,10). The van der Waals surface area contributed by atoms with Crippen LogP contribution in [0.1, 0.15) is 12.8 Å². The van der Waals surface area contributed by atoms with Crippen LogP contribution in [0.25, 0.3) is 0 Å². The topological polar surface area (TPSA) is 81.5 Å². The Morgan fingerprint density at radius 2 is 2.08 bits per heavy atom. The second-order valence-corrected chi connectivity index (χ2v) is 3.47. The molecular formula is C7H15N3OS2. The summed E-state index contributed by atoms with van der Waals surface area (Å²) in [6.07, 6.45) is 1.50. The van der Waals surface area contributed by atoms with Crippen LogP contribution >= 0.6 is 25.3 Å². The highest BCUT2D eigenvalue weighted by Gasteiger charge is 2.11. The molecule has 0 bridgehead atoms. The van der Waals surface area contributed by atoms with Crippen molar-refractivity contribution in [1.29, 1.82) is 0 Å². The van der Waals surface area contributed by atoms with Gasteiger partial charge in [-0.1, -0.05) is 0 Å². The predicted octanol–water partition coefficient (Wildman–Crippen LogP) is 0.0424. The van der Waals surface area contributed by atoms with Crippen LogP contribution in [0.4, 0.5) is 0 Å². The molecule has 1 atom stereocenters. The van der Waals surface area contributed by atoms with Crippen molar-refractivity contribution in [2.45, 2.75) is 12.8 Å². The molecule has 1 unspecified atom stereocenters. The van der Waals surface area contributed by atoms with E-state index in [1.54, 1.807) is 0 Å². The lowest BCUT2D eigenvalue weighted by atomic mass is 10.1. The van der Waals surface area contributed by atoms with Gasteiger partial charge in [0, 0.05) is 18.2 Å². The number of carbonyl (C=O) groups is 1. The fourth-order valence-corrected chi connectivity index (χ4v) is 1.55. The first-order valence-corrected chi connectivity index (χ1v) is 5.05. The van der Waals surface area contributed by atoms with Crippen LogP contribution in [-0.2, 0) is 4.79 Å². The molecule has 76 valence electrons. The summed E-state index contributed by atoms with van der Waals surface area (Å²) in [4.78, 5) is 14.6. The van der Waals surface area contributed by atoms with Crippen LogP contribution in [0, 0.1) is 5.92 Å². The third-order valence-corrected chi connectivity index (χ3v) is 2.38. The summed E-state index contributed by atoms with van der Waals surface area (Å²) in [5.41, 5.74) is 10.3. The molecule has 0 heterocycles. The van der Waals surface area contributed by atoms with Gasteiger partial charge in [0.05, 0.1) is 0 Å². The fourth-order valence-electron chi connectivity index (χ4n) is 0.839. The molecule has 6 heteroatoms. The molecule has 0 amide bonds. The van der Waals surface area contributed by atoms with Gasteiger partial charge < -0.3 is 11.5 Å². The number of hydrogen-bond acceptors (Lipinski definition) is 3. The summed E-state index contributed by atoms with van der Waals surface area (Å²) in [6.45, 7) is 0.549. The number of thiol groups is 2. The monoisotopic (exact) mass is 221 g/mol. The Morgan fingerprint density at radius 1 is 1.46 bits per heavy atom. The Bertz CT molecular complexity index is 192. The quantitative estimate of drug-likeness (QED) is 0.221. The van der Waals surface area contributed by atoms with E-state index in [4.69, 9.17) is 11.5 Å². The van der Waals surface area contributed by atoms with Crippen LogP contribution in [0.3, 0.4) is 0 Å². The highest BCUT2D eigenvalue weighted by Crippen LogP contribution is 2.11. The van der Waals surface area contributed by atoms with Gasteiger partial charge in [0.15, 0.2) is 11.1 Å². The minimum atomic E-state index is -0.125. The second-order valence-electron chi connectivity index (χ2n) is 2.67. The molecule has 0 aromatic rings. The van der Waals surface area contributed by atoms with Crippen LogP contribution in [-0.4, -0.2) is 23.4 Å². The van der Waals surface area contributed by atoms with Crippen molar-refractivity contribution in [2.24, 2.45) is 22.4 Å². The molecule has 0 saturated heterocycles. The summed E-state index contributed by atoms with van der Waals surface area (Å²) in [5.74, 6) is 0.505. The molecule has 0 radical (unpaired) electrons. The lowest BCUT2D eigenvalue weighted by Gasteiger charge is -2.07. The maximum absolute atomic E-state index is 10.8. The minimum absolute atomic E-state index is 0.0830.